The number of carbonyl (C=O) groups is 2. The first-order valence-corrected chi connectivity index (χ1v) is 12.7. The summed E-state index contributed by atoms with van der Waals surface area (Å²) in [4.78, 5) is 28.7. The molecule has 0 spiro atoms. The molecule has 1 unspecified atom stereocenters. The van der Waals surface area contributed by atoms with Crippen molar-refractivity contribution in [2.45, 2.75) is 46.7 Å². The highest BCUT2D eigenvalue weighted by Crippen LogP contribution is 2.21. The number of hydrogen-bond donors (Lipinski definition) is 1. The van der Waals surface area contributed by atoms with Gasteiger partial charge in [0.1, 0.15) is 11.8 Å². The van der Waals surface area contributed by atoms with E-state index in [9.17, 15) is 9.59 Å². The summed E-state index contributed by atoms with van der Waals surface area (Å²) in [6.07, 6.45) is 0.396. The van der Waals surface area contributed by atoms with Gasteiger partial charge in [0.05, 0.1) is 0 Å². The number of amides is 2. The molecule has 0 bridgehead atoms. The fraction of sp³-hybridized carbons (Fsp3) is 0.333. The molecule has 0 aliphatic heterocycles. The standard InChI is InChI=1S/C30H35ClN2O3/c1-21(2)18-32-30(35)27(17-24-8-6-5-7-9-24)33(19-25-12-14-26(31)15-13-25)29(34)20-36-28-16-22(3)10-11-23(28)4/h5-16,21,27H,17-20H2,1-4H3,(H,32,35). The Balaban J connectivity index is 1.91. The molecule has 0 aliphatic carbocycles. The number of ether oxygens (including phenoxy) is 1. The minimum atomic E-state index is -0.698. The third kappa shape index (κ3) is 8.13. The van der Waals surface area contributed by atoms with Crippen molar-refractivity contribution >= 4 is 23.4 Å². The van der Waals surface area contributed by atoms with Crippen LogP contribution in [0.2, 0.25) is 5.02 Å². The maximum atomic E-state index is 13.7. The highest BCUT2D eigenvalue weighted by atomic mass is 35.5. The smallest absolute Gasteiger partial charge is 0.261 e. The Morgan fingerprint density at radius 1 is 0.944 bits per heavy atom. The Bertz CT molecular complexity index is 1150. The molecule has 6 heteroatoms. The maximum Gasteiger partial charge on any atom is 0.261 e. The van der Waals surface area contributed by atoms with E-state index in [2.05, 4.69) is 5.32 Å². The number of hydrogen-bond acceptors (Lipinski definition) is 3. The fourth-order valence-electron chi connectivity index (χ4n) is 3.85. The summed E-state index contributed by atoms with van der Waals surface area (Å²) < 4.78 is 5.95. The van der Waals surface area contributed by atoms with Crippen LogP contribution in [0.4, 0.5) is 0 Å². The van der Waals surface area contributed by atoms with Crippen molar-refractivity contribution in [3.8, 4) is 5.75 Å². The predicted molar refractivity (Wildman–Crippen MR) is 145 cm³/mol. The van der Waals surface area contributed by atoms with Crippen molar-refractivity contribution in [1.29, 1.82) is 0 Å². The Kier molecular flexibility index (Phi) is 9.95. The van der Waals surface area contributed by atoms with Gasteiger partial charge in [-0.1, -0.05) is 80.0 Å². The Labute approximate surface area is 219 Å². The molecule has 2 amide bonds. The van der Waals surface area contributed by atoms with E-state index in [4.69, 9.17) is 16.3 Å². The zero-order valence-corrected chi connectivity index (χ0v) is 22.2. The van der Waals surface area contributed by atoms with E-state index in [1.165, 1.54) is 0 Å². The molecule has 3 rings (SSSR count). The van der Waals surface area contributed by atoms with E-state index >= 15 is 0 Å². The minimum Gasteiger partial charge on any atom is -0.483 e. The predicted octanol–water partition coefficient (Wildman–Crippen LogP) is 5.75. The summed E-state index contributed by atoms with van der Waals surface area (Å²) >= 11 is 6.08. The minimum absolute atomic E-state index is 0.166. The quantitative estimate of drug-likeness (QED) is 0.360. The van der Waals surface area contributed by atoms with E-state index in [1.807, 2.05) is 88.4 Å². The molecule has 1 N–H and O–H groups in total. The van der Waals surface area contributed by atoms with Crippen molar-refractivity contribution in [3.05, 3.63) is 100 Å². The fourth-order valence-corrected chi connectivity index (χ4v) is 3.97. The normalized spacial score (nSPS) is 11.7. The first-order valence-electron chi connectivity index (χ1n) is 12.3. The summed E-state index contributed by atoms with van der Waals surface area (Å²) in [5.74, 6) is 0.520. The van der Waals surface area contributed by atoms with Crippen molar-refractivity contribution in [2.75, 3.05) is 13.2 Å². The van der Waals surface area contributed by atoms with Crippen LogP contribution < -0.4 is 10.1 Å². The van der Waals surface area contributed by atoms with Crippen molar-refractivity contribution < 1.29 is 14.3 Å². The van der Waals surface area contributed by atoms with Crippen LogP contribution in [-0.4, -0.2) is 35.9 Å². The second-order valence-electron chi connectivity index (χ2n) is 9.55. The van der Waals surface area contributed by atoms with Gasteiger partial charge in [-0.25, -0.2) is 0 Å². The van der Waals surface area contributed by atoms with E-state index in [1.54, 1.807) is 17.0 Å². The van der Waals surface area contributed by atoms with Gasteiger partial charge in [-0.05, 0) is 60.2 Å². The largest absolute Gasteiger partial charge is 0.483 e. The molecule has 3 aromatic rings. The van der Waals surface area contributed by atoms with E-state index in [0.29, 0.717) is 29.7 Å². The number of carbonyl (C=O) groups excluding carboxylic acids is 2. The Morgan fingerprint density at radius 2 is 1.64 bits per heavy atom. The highest BCUT2D eigenvalue weighted by molar-refractivity contribution is 6.30. The lowest BCUT2D eigenvalue weighted by Gasteiger charge is -2.32. The van der Waals surface area contributed by atoms with Gasteiger partial charge in [-0.2, -0.15) is 0 Å². The number of rotatable bonds is 11. The lowest BCUT2D eigenvalue weighted by molar-refractivity contribution is -0.142. The third-order valence-corrected chi connectivity index (χ3v) is 6.17. The van der Waals surface area contributed by atoms with Crippen LogP contribution in [0.25, 0.3) is 0 Å². The molecule has 0 aliphatic rings. The second-order valence-corrected chi connectivity index (χ2v) is 9.99. The SMILES string of the molecule is Cc1ccc(C)c(OCC(=O)N(Cc2ccc(Cl)cc2)C(Cc2ccccc2)C(=O)NCC(C)C)c1. The van der Waals surface area contributed by atoms with Gasteiger partial charge in [0.25, 0.3) is 5.91 Å². The van der Waals surface area contributed by atoms with Gasteiger partial charge in [0.2, 0.25) is 5.91 Å². The zero-order valence-electron chi connectivity index (χ0n) is 21.5. The summed E-state index contributed by atoms with van der Waals surface area (Å²) in [5.41, 5.74) is 3.87. The average Bonchev–Trinajstić information content (AvgIpc) is 2.86. The molecule has 0 saturated carbocycles. The molecule has 0 aromatic heterocycles. The molecule has 0 saturated heterocycles. The topological polar surface area (TPSA) is 58.6 Å². The average molecular weight is 507 g/mol. The van der Waals surface area contributed by atoms with E-state index in [0.717, 1.165) is 22.3 Å². The number of halogens is 1. The Morgan fingerprint density at radius 3 is 2.31 bits per heavy atom. The number of nitrogens with zero attached hydrogens (tertiary/aromatic N) is 1. The molecule has 0 heterocycles. The van der Waals surface area contributed by atoms with Gasteiger partial charge in [-0.3, -0.25) is 9.59 Å². The molecular weight excluding hydrogens is 472 g/mol. The van der Waals surface area contributed by atoms with Crippen LogP contribution >= 0.6 is 11.6 Å². The molecule has 0 fully saturated rings. The lowest BCUT2D eigenvalue weighted by Crippen LogP contribution is -2.52. The molecule has 36 heavy (non-hydrogen) atoms. The Hall–Kier alpha value is -3.31. The van der Waals surface area contributed by atoms with Crippen LogP contribution in [0, 0.1) is 19.8 Å². The highest BCUT2D eigenvalue weighted by Gasteiger charge is 2.30. The first-order chi connectivity index (χ1) is 17.2. The van der Waals surface area contributed by atoms with Crippen LogP contribution in [0.15, 0.2) is 72.8 Å². The third-order valence-electron chi connectivity index (χ3n) is 5.92. The number of aryl methyl sites for hydroxylation is 2. The summed E-state index contributed by atoms with van der Waals surface area (Å²) in [5, 5.41) is 3.64. The van der Waals surface area contributed by atoms with Crippen molar-refractivity contribution in [2.24, 2.45) is 5.92 Å². The summed E-state index contributed by atoms with van der Waals surface area (Å²) in [7, 11) is 0. The van der Waals surface area contributed by atoms with Crippen molar-refractivity contribution in [3.63, 3.8) is 0 Å². The van der Waals surface area contributed by atoms with Crippen LogP contribution in [0.3, 0.4) is 0 Å². The van der Waals surface area contributed by atoms with E-state index in [-0.39, 0.29) is 25.0 Å². The number of nitrogens with one attached hydrogen (secondary N) is 1. The van der Waals surface area contributed by atoms with Crippen LogP contribution in [-0.2, 0) is 22.6 Å². The summed E-state index contributed by atoms with van der Waals surface area (Å²) in [6.45, 7) is 8.64. The van der Waals surface area contributed by atoms with Gasteiger partial charge in [0.15, 0.2) is 6.61 Å². The maximum absolute atomic E-state index is 13.7. The zero-order chi connectivity index (χ0) is 26.1. The van der Waals surface area contributed by atoms with Crippen LogP contribution in [0.5, 0.6) is 5.75 Å². The molecule has 5 nitrogen and oxygen atoms in total. The first kappa shape index (κ1) is 27.3. The van der Waals surface area contributed by atoms with Crippen LogP contribution in [0.1, 0.15) is 36.1 Å². The van der Waals surface area contributed by atoms with Gasteiger partial charge >= 0.3 is 0 Å². The molecule has 3 aromatic carbocycles. The molecular formula is C30H35ClN2O3. The number of benzene rings is 3. The van der Waals surface area contributed by atoms with E-state index < -0.39 is 6.04 Å². The van der Waals surface area contributed by atoms with Gasteiger partial charge < -0.3 is 15.0 Å². The monoisotopic (exact) mass is 506 g/mol. The van der Waals surface area contributed by atoms with Crippen molar-refractivity contribution in [1.82, 2.24) is 10.2 Å². The van der Waals surface area contributed by atoms with Gasteiger partial charge in [-0.15, -0.1) is 0 Å². The van der Waals surface area contributed by atoms with Gasteiger partial charge in [0, 0.05) is 24.5 Å². The molecule has 0 radical (unpaired) electrons. The second kappa shape index (κ2) is 13.1. The summed E-state index contributed by atoms with van der Waals surface area (Å²) in [6, 6.07) is 22.3. The molecule has 190 valence electrons. The lowest BCUT2D eigenvalue weighted by atomic mass is 10.0. The molecule has 1 atom stereocenters.